The van der Waals surface area contributed by atoms with Crippen LogP contribution in [0.2, 0.25) is 0 Å². The fourth-order valence-electron chi connectivity index (χ4n) is 1.54. The summed E-state index contributed by atoms with van der Waals surface area (Å²) < 4.78 is 5.26. The molecule has 1 aromatic rings. The van der Waals surface area contributed by atoms with Crippen molar-refractivity contribution in [1.82, 2.24) is 4.90 Å². The Hall–Kier alpha value is -1.35. The van der Waals surface area contributed by atoms with Crippen molar-refractivity contribution in [2.45, 2.75) is 6.54 Å². The monoisotopic (exact) mass is 204 g/mol. The summed E-state index contributed by atoms with van der Waals surface area (Å²) in [4.78, 5) is 6.61. The molecule has 0 spiro atoms. The van der Waals surface area contributed by atoms with E-state index in [1.807, 2.05) is 24.5 Å². The average molecular weight is 204 g/mol. The first-order valence-electron chi connectivity index (χ1n) is 5.31. The SMILES string of the molecule is C(=NCc1ccccc1)N1CCOCC1. The van der Waals surface area contributed by atoms with Gasteiger partial charge in [0.15, 0.2) is 0 Å². The van der Waals surface area contributed by atoms with Crippen LogP contribution in [-0.4, -0.2) is 37.5 Å². The summed E-state index contributed by atoms with van der Waals surface area (Å²) >= 11 is 0. The van der Waals surface area contributed by atoms with Crippen molar-refractivity contribution in [3.05, 3.63) is 35.9 Å². The van der Waals surface area contributed by atoms with E-state index in [4.69, 9.17) is 4.74 Å². The first-order valence-corrected chi connectivity index (χ1v) is 5.31. The highest BCUT2D eigenvalue weighted by Gasteiger charge is 2.05. The molecule has 0 bridgehead atoms. The molecule has 0 amide bonds. The molecule has 1 aliphatic heterocycles. The predicted octanol–water partition coefficient (Wildman–Crippen LogP) is 1.55. The van der Waals surface area contributed by atoms with E-state index in [0.717, 1.165) is 32.8 Å². The molecular weight excluding hydrogens is 188 g/mol. The zero-order valence-corrected chi connectivity index (χ0v) is 8.80. The van der Waals surface area contributed by atoms with Gasteiger partial charge in [0.2, 0.25) is 0 Å². The summed E-state index contributed by atoms with van der Waals surface area (Å²) in [6.45, 7) is 4.31. The zero-order chi connectivity index (χ0) is 10.3. The van der Waals surface area contributed by atoms with Crippen LogP contribution in [0.25, 0.3) is 0 Å². The van der Waals surface area contributed by atoms with Crippen LogP contribution in [-0.2, 0) is 11.3 Å². The normalized spacial score (nSPS) is 17.2. The summed E-state index contributed by atoms with van der Waals surface area (Å²) in [5.41, 5.74) is 1.25. The second-order valence-corrected chi connectivity index (χ2v) is 3.59. The number of benzene rings is 1. The van der Waals surface area contributed by atoms with Crippen LogP contribution < -0.4 is 0 Å². The molecule has 0 aliphatic carbocycles. The van der Waals surface area contributed by atoms with Crippen LogP contribution in [0.1, 0.15) is 5.56 Å². The Morgan fingerprint density at radius 2 is 1.93 bits per heavy atom. The van der Waals surface area contributed by atoms with E-state index in [-0.39, 0.29) is 0 Å². The Morgan fingerprint density at radius 1 is 1.20 bits per heavy atom. The minimum Gasteiger partial charge on any atom is -0.378 e. The Kier molecular flexibility index (Phi) is 3.74. The quantitative estimate of drug-likeness (QED) is 0.551. The van der Waals surface area contributed by atoms with Crippen LogP contribution in [0.5, 0.6) is 0 Å². The Morgan fingerprint density at radius 3 is 2.67 bits per heavy atom. The van der Waals surface area contributed by atoms with Gasteiger partial charge in [-0.15, -0.1) is 0 Å². The van der Waals surface area contributed by atoms with Crippen molar-refractivity contribution in [1.29, 1.82) is 0 Å². The fraction of sp³-hybridized carbons (Fsp3) is 0.417. The molecule has 1 fully saturated rings. The highest BCUT2D eigenvalue weighted by atomic mass is 16.5. The van der Waals surface area contributed by atoms with Crippen molar-refractivity contribution < 1.29 is 4.74 Å². The highest BCUT2D eigenvalue weighted by molar-refractivity contribution is 5.55. The van der Waals surface area contributed by atoms with Crippen molar-refractivity contribution in [2.24, 2.45) is 4.99 Å². The second-order valence-electron chi connectivity index (χ2n) is 3.59. The van der Waals surface area contributed by atoms with E-state index >= 15 is 0 Å². The third-order valence-electron chi connectivity index (χ3n) is 2.41. The van der Waals surface area contributed by atoms with Gasteiger partial charge in [0.25, 0.3) is 0 Å². The molecule has 80 valence electrons. The Labute approximate surface area is 90.4 Å². The molecule has 1 heterocycles. The first-order chi connectivity index (χ1) is 7.45. The second kappa shape index (κ2) is 5.51. The standard InChI is InChI=1S/C12H16N2O/c1-2-4-12(5-3-1)10-13-11-14-6-8-15-9-7-14/h1-5,11H,6-10H2. The van der Waals surface area contributed by atoms with Gasteiger partial charge in [-0.05, 0) is 5.56 Å². The van der Waals surface area contributed by atoms with Gasteiger partial charge in [0.05, 0.1) is 26.1 Å². The van der Waals surface area contributed by atoms with Gasteiger partial charge in [0.1, 0.15) is 0 Å². The molecule has 0 N–H and O–H groups in total. The van der Waals surface area contributed by atoms with Crippen molar-refractivity contribution >= 4 is 6.34 Å². The molecule has 15 heavy (non-hydrogen) atoms. The van der Waals surface area contributed by atoms with Gasteiger partial charge < -0.3 is 9.64 Å². The van der Waals surface area contributed by atoms with Crippen LogP contribution >= 0.6 is 0 Å². The lowest BCUT2D eigenvalue weighted by atomic mass is 10.2. The van der Waals surface area contributed by atoms with E-state index in [0.29, 0.717) is 0 Å². The molecular formula is C12H16N2O. The number of aliphatic imine (C=N–C) groups is 1. The first kappa shape index (κ1) is 10.2. The largest absolute Gasteiger partial charge is 0.378 e. The molecule has 0 radical (unpaired) electrons. The number of nitrogens with zero attached hydrogens (tertiary/aromatic N) is 2. The molecule has 3 heteroatoms. The molecule has 1 aromatic carbocycles. The maximum absolute atomic E-state index is 5.26. The zero-order valence-electron chi connectivity index (χ0n) is 8.80. The number of morpholine rings is 1. The molecule has 1 saturated heterocycles. The van der Waals surface area contributed by atoms with Crippen LogP contribution in [0.4, 0.5) is 0 Å². The number of hydrogen-bond acceptors (Lipinski definition) is 2. The Bertz CT molecular complexity index is 305. The number of rotatable bonds is 3. The summed E-state index contributed by atoms with van der Waals surface area (Å²) in [5, 5.41) is 0. The minimum atomic E-state index is 0.762. The van der Waals surface area contributed by atoms with Gasteiger partial charge in [-0.25, -0.2) is 0 Å². The number of hydrogen-bond donors (Lipinski definition) is 0. The third-order valence-corrected chi connectivity index (χ3v) is 2.41. The average Bonchev–Trinajstić information content (AvgIpc) is 2.32. The molecule has 0 unspecified atom stereocenters. The summed E-state index contributed by atoms with van der Waals surface area (Å²) in [6, 6.07) is 10.3. The fourth-order valence-corrected chi connectivity index (χ4v) is 1.54. The van der Waals surface area contributed by atoms with Gasteiger partial charge in [-0.2, -0.15) is 0 Å². The molecule has 0 aromatic heterocycles. The van der Waals surface area contributed by atoms with Crippen LogP contribution in [0.15, 0.2) is 35.3 Å². The smallest absolute Gasteiger partial charge is 0.0855 e. The van der Waals surface area contributed by atoms with Crippen molar-refractivity contribution in [2.75, 3.05) is 26.3 Å². The van der Waals surface area contributed by atoms with Crippen molar-refractivity contribution in [3.63, 3.8) is 0 Å². The van der Waals surface area contributed by atoms with Gasteiger partial charge >= 0.3 is 0 Å². The lowest BCUT2D eigenvalue weighted by Crippen LogP contribution is -2.35. The maximum Gasteiger partial charge on any atom is 0.0855 e. The molecule has 0 saturated carbocycles. The molecule has 0 atom stereocenters. The molecule has 2 rings (SSSR count). The molecule has 1 aliphatic rings. The van der Waals surface area contributed by atoms with E-state index in [1.165, 1.54) is 5.56 Å². The van der Waals surface area contributed by atoms with E-state index in [2.05, 4.69) is 22.0 Å². The summed E-state index contributed by atoms with van der Waals surface area (Å²) in [6.07, 6.45) is 1.94. The van der Waals surface area contributed by atoms with Crippen LogP contribution in [0, 0.1) is 0 Å². The molecule has 3 nitrogen and oxygen atoms in total. The third kappa shape index (κ3) is 3.36. The van der Waals surface area contributed by atoms with E-state index < -0.39 is 0 Å². The number of ether oxygens (including phenoxy) is 1. The minimum absolute atomic E-state index is 0.762. The van der Waals surface area contributed by atoms with Crippen LogP contribution in [0.3, 0.4) is 0 Å². The van der Waals surface area contributed by atoms with Gasteiger partial charge in [0, 0.05) is 13.1 Å². The van der Waals surface area contributed by atoms with Gasteiger partial charge in [-0.1, -0.05) is 30.3 Å². The predicted molar refractivity (Wildman–Crippen MR) is 61.0 cm³/mol. The maximum atomic E-state index is 5.26. The van der Waals surface area contributed by atoms with Gasteiger partial charge in [-0.3, -0.25) is 4.99 Å². The Balaban J connectivity index is 1.79. The topological polar surface area (TPSA) is 24.8 Å². The summed E-state index contributed by atoms with van der Waals surface area (Å²) in [5.74, 6) is 0. The highest BCUT2D eigenvalue weighted by Crippen LogP contribution is 2.00. The van der Waals surface area contributed by atoms with E-state index in [9.17, 15) is 0 Å². The van der Waals surface area contributed by atoms with E-state index in [1.54, 1.807) is 0 Å². The lowest BCUT2D eigenvalue weighted by Gasteiger charge is -2.24. The van der Waals surface area contributed by atoms with Crippen molar-refractivity contribution in [3.8, 4) is 0 Å². The summed E-state index contributed by atoms with van der Waals surface area (Å²) in [7, 11) is 0. The lowest BCUT2D eigenvalue weighted by molar-refractivity contribution is 0.0699.